The molecule has 3 atom stereocenters. The van der Waals surface area contributed by atoms with Crippen molar-refractivity contribution in [3.05, 3.63) is 11.1 Å². The Bertz CT molecular complexity index is 379. The minimum absolute atomic E-state index is 0.167. The minimum atomic E-state index is -2.20. The lowest BCUT2D eigenvalue weighted by atomic mass is 10.00. The summed E-state index contributed by atoms with van der Waals surface area (Å²) in [6, 6.07) is 0. The number of carbonyl (C=O) groups excluding carboxylic acids is 1. The van der Waals surface area contributed by atoms with E-state index in [2.05, 4.69) is 31.9 Å². The quantitative estimate of drug-likeness (QED) is 0.367. The molecule has 1 rings (SSSR count). The zero-order chi connectivity index (χ0) is 13.6. The van der Waals surface area contributed by atoms with Crippen LogP contribution >= 0.6 is 23.2 Å². The number of amides is 1. The molecule has 98 valence electrons. The zero-order valence-electron chi connectivity index (χ0n) is 11.3. The summed E-state index contributed by atoms with van der Waals surface area (Å²) in [7, 11) is -2.20. The van der Waals surface area contributed by atoms with Crippen LogP contribution < -0.4 is 4.98 Å². The molecule has 0 radical (unpaired) electrons. The molecule has 0 heterocycles. The van der Waals surface area contributed by atoms with Crippen LogP contribution in [0.3, 0.4) is 0 Å². The molecule has 1 aliphatic carbocycles. The summed E-state index contributed by atoms with van der Waals surface area (Å²) in [6.45, 7) is 12.3. The number of carbonyl (C=O) groups is 1. The number of halogens is 2. The predicted molar refractivity (Wildman–Crippen MR) is 77.1 cm³/mol. The average molecular weight is 294 g/mol. The first-order valence-electron chi connectivity index (χ1n) is 5.81. The Hall–Kier alpha value is 0.00688. The van der Waals surface area contributed by atoms with Crippen LogP contribution in [0.2, 0.25) is 13.1 Å². The fraction of sp³-hybridized carbons (Fsp3) is 0.750. The second-order valence-corrected chi connectivity index (χ2v) is 11.6. The largest absolute Gasteiger partial charge is 0.383 e. The van der Waals surface area contributed by atoms with Gasteiger partial charge < -0.3 is 4.98 Å². The van der Waals surface area contributed by atoms with Gasteiger partial charge in [0.05, 0.1) is 9.37 Å². The number of nitrogens with one attached hydrogen (secondary N) is 1. The van der Waals surface area contributed by atoms with Crippen LogP contribution in [0.5, 0.6) is 0 Å². The molecule has 1 amide bonds. The van der Waals surface area contributed by atoms with Gasteiger partial charge in [0.25, 0.3) is 0 Å². The van der Waals surface area contributed by atoms with E-state index in [1.54, 1.807) is 0 Å². The average Bonchev–Trinajstić information content (AvgIpc) is 2.33. The zero-order valence-corrected chi connectivity index (χ0v) is 13.8. The molecule has 0 aromatic heterocycles. The molecule has 1 aliphatic rings. The van der Waals surface area contributed by atoms with Gasteiger partial charge in [-0.1, -0.05) is 31.2 Å². The van der Waals surface area contributed by atoms with E-state index in [4.69, 9.17) is 23.2 Å². The molecule has 0 aromatic rings. The normalized spacial score (nSPS) is 38.5. The molecule has 2 nitrogen and oxygen atoms in total. The molecule has 0 saturated heterocycles. The number of hydrogen-bond donors (Lipinski definition) is 1. The van der Waals surface area contributed by atoms with Gasteiger partial charge in [0.15, 0.2) is 14.6 Å². The Labute approximate surface area is 115 Å². The molecular formula is C12H21Cl2NOSi. The summed E-state index contributed by atoms with van der Waals surface area (Å²) in [5, 5.41) is 0. The van der Waals surface area contributed by atoms with E-state index < -0.39 is 17.6 Å². The van der Waals surface area contributed by atoms with Crippen molar-refractivity contribution in [1.82, 2.24) is 4.98 Å². The fourth-order valence-electron chi connectivity index (χ4n) is 3.05. The van der Waals surface area contributed by atoms with E-state index in [0.717, 1.165) is 12.0 Å². The van der Waals surface area contributed by atoms with Crippen molar-refractivity contribution < 1.29 is 4.79 Å². The van der Waals surface area contributed by atoms with Crippen molar-refractivity contribution in [2.45, 2.75) is 50.2 Å². The van der Waals surface area contributed by atoms with Crippen LogP contribution in [0.15, 0.2) is 11.1 Å². The summed E-state index contributed by atoms with van der Waals surface area (Å²) < 4.78 is -0.601. The van der Waals surface area contributed by atoms with Crippen molar-refractivity contribution in [3.8, 4) is 0 Å². The van der Waals surface area contributed by atoms with Crippen molar-refractivity contribution in [2.75, 3.05) is 0 Å². The second-order valence-electron chi connectivity index (χ2n) is 5.63. The van der Waals surface area contributed by atoms with E-state index in [1.165, 1.54) is 5.57 Å². The standard InChI is InChI=1S/C12H21Cl2NOSi/c1-8-9(2)11(4,13)12(14,10(8)3)17(5,6)15-7-16/h7,10H,1-6H3,(H,15,16). The number of rotatable bonds is 3. The van der Waals surface area contributed by atoms with E-state index in [0.29, 0.717) is 0 Å². The van der Waals surface area contributed by atoms with E-state index >= 15 is 0 Å². The van der Waals surface area contributed by atoms with Crippen LogP contribution in [0.1, 0.15) is 27.7 Å². The Kier molecular flexibility index (Phi) is 3.80. The molecule has 0 aliphatic heterocycles. The molecule has 0 aromatic carbocycles. The lowest BCUT2D eigenvalue weighted by molar-refractivity contribution is -0.108. The molecule has 0 spiro atoms. The van der Waals surface area contributed by atoms with Crippen molar-refractivity contribution >= 4 is 37.8 Å². The Morgan fingerprint density at radius 2 is 1.82 bits per heavy atom. The van der Waals surface area contributed by atoms with Crippen LogP contribution in [-0.4, -0.2) is 24.0 Å². The lowest BCUT2D eigenvalue weighted by Crippen LogP contribution is -2.69. The summed E-state index contributed by atoms with van der Waals surface area (Å²) in [4.78, 5) is 13.1. The topological polar surface area (TPSA) is 29.1 Å². The predicted octanol–water partition coefficient (Wildman–Crippen LogP) is 3.44. The van der Waals surface area contributed by atoms with E-state index in [9.17, 15) is 4.79 Å². The molecule has 5 heteroatoms. The van der Waals surface area contributed by atoms with Gasteiger partial charge in [0.2, 0.25) is 0 Å². The van der Waals surface area contributed by atoms with Crippen LogP contribution in [0.4, 0.5) is 0 Å². The molecular weight excluding hydrogens is 273 g/mol. The third kappa shape index (κ3) is 1.78. The maximum Gasteiger partial charge on any atom is 0.199 e. The summed E-state index contributed by atoms with van der Waals surface area (Å²) in [5.41, 5.74) is 2.38. The van der Waals surface area contributed by atoms with Crippen LogP contribution in [-0.2, 0) is 4.79 Å². The first-order valence-corrected chi connectivity index (χ1v) is 9.56. The highest BCUT2D eigenvalue weighted by atomic mass is 35.5. The lowest BCUT2D eigenvalue weighted by Gasteiger charge is -2.48. The highest BCUT2D eigenvalue weighted by Gasteiger charge is 2.64. The Morgan fingerprint density at radius 1 is 1.35 bits per heavy atom. The van der Waals surface area contributed by atoms with E-state index in [-0.39, 0.29) is 5.92 Å². The Balaban J connectivity index is 3.36. The number of allylic oxidation sites excluding steroid dienone is 2. The van der Waals surface area contributed by atoms with Gasteiger partial charge >= 0.3 is 0 Å². The first kappa shape index (κ1) is 15.1. The van der Waals surface area contributed by atoms with E-state index in [1.807, 2.05) is 13.8 Å². The SMILES string of the molecule is CC1=C(C)C(C)(Cl)C(Cl)([Si](C)(C)NC=O)C1C. The molecule has 0 bridgehead atoms. The third-order valence-corrected chi connectivity index (χ3v) is 11.1. The van der Waals surface area contributed by atoms with Gasteiger partial charge in [-0.05, 0) is 26.7 Å². The number of hydrogen-bond acceptors (Lipinski definition) is 1. The van der Waals surface area contributed by atoms with Crippen LogP contribution in [0, 0.1) is 5.92 Å². The highest BCUT2D eigenvalue weighted by Crippen LogP contribution is 2.58. The maximum absolute atomic E-state index is 10.8. The van der Waals surface area contributed by atoms with Crippen molar-refractivity contribution in [1.29, 1.82) is 0 Å². The summed E-state index contributed by atoms with van der Waals surface area (Å²) in [6.07, 6.45) is 0.749. The van der Waals surface area contributed by atoms with Crippen LogP contribution in [0.25, 0.3) is 0 Å². The molecule has 3 unspecified atom stereocenters. The summed E-state index contributed by atoms with van der Waals surface area (Å²) in [5.74, 6) is 0.167. The van der Waals surface area contributed by atoms with Gasteiger partial charge in [-0.3, -0.25) is 4.79 Å². The Morgan fingerprint density at radius 3 is 2.12 bits per heavy atom. The molecule has 17 heavy (non-hydrogen) atoms. The fourth-order valence-corrected chi connectivity index (χ4v) is 7.71. The minimum Gasteiger partial charge on any atom is -0.383 e. The third-order valence-electron chi connectivity index (χ3n) is 4.55. The summed E-state index contributed by atoms with van der Waals surface area (Å²) >= 11 is 13.7. The molecule has 1 N–H and O–H groups in total. The number of alkyl halides is 2. The van der Waals surface area contributed by atoms with Gasteiger partial charge in [0.1, 0.15) is 0 Å². The smallest absolute Gasteiger partial charge is 0.199 e. The van der Waals surface area contributed by atoms with Gasteiger partial charge in [-0.2, -0.15) is 0 Å². The van der Waals surface area contributed by atoms with Gasteiger partial charge in [-0.25, -0.2) is 0 Å². The van der Waals surface area contributed by atoms with Crippen molar-refractivity contribution in [2.24, 2.45) is 5.92 Å². The highest BCUT2D eigenvalue weighted by molar-refractivity contribution is 6.88. The second kappa shape index (κ2) is 4.28. The molecule has 0 fully saturated rings. The monoisotopic (exact) mass is 293 g/mol. The van der Waals surface area contributed by atoms with Crippen molar-refractivity contribution in [3.63, 3.8) is 0 Å². The first-order chi connectivity index (χ1) is 7.54. The molecule has 0 saturated carbocycles. The maximum atomic E-state index is 10.8. The van der Waals surface area contributed by atoms with Gasteiger partial charge in [0, 0.05) is 0 Å². The van der Waals surface area contributed by atoms with Gasteiger partial charge in [-0.15, -0.1) is 23.2 Å².